The van der Waals surface area contributed by atoms with Crippen LogP contribution in [-0.4, -0.2) is 29.1 Å². The SMILES string of the molecule is O=C(NCCCO)c1ccc([N+](=O)[O-])c(F)c1. The van der Waals surface area contributed by atoms with Crippen molar-refractivity contribution in [2.45, 2.75) is 6.42 Å². The summed E-state index contributed by atoms with van der Waals surface area (Å²) in [6.45, 7) is 0.197. The first kappa shape index (κ1) is 13.0. The third-order valence-electron chi connectivity index (χ3n) is 2.03. The predicted molar refractivity (Wildman–Crippen MR) is 57.1 cm³/mol. The molecule has 1 aromatic carbocycles. The van der Waals surface area contributed by atoms with Crippen molar-refractivity contribution in [1.29, 1.82) is 0 Å². The fourth-order valence-electron chi connectivity index (χ4n) is 1.18. The molecule has 0 saturated carbocycles. The number of benzene rings is 1. The number of hydrogen-bond acceptors (Lipinski definition) is 4. The fourth-order valence-corrected chi connectivity index (χ4v) is 1.18. The van der Waals surface area contributed by atoms with E-state index in [1.807, 2.05) is 0 Å². The molecule has 1 amide bonds. The average molecular weight is 242 g/mol. The predicted octanol–water partition coefficient (Wildman–Crippen LogP) is 0.846. The lowest BCUT2D eigenvalue weighted by Gasteiger charge is -2.04. The Kier molecular flexibility index (Phi) is 4.53. The molecule has 0 atom stereocenters. The van der Waals surface area contributed by atoms with E-state index in [9.17, 15) is 19.3 Å². The van der Waals surface area contributed by atoms with Crippen molar-refractivity contribution < 1.29 is 19.2 Å². The number of nitro benzene ring substituents is 1. The maximum Gasteiger partial charge on any atom is 0.304 e. The van der Waals surface area contributed by atoms with Crippen molar-refractivity contribution in [3.05, 3.63) is 39.7 Å². The summed E-state index contributed by atoms with van der Waals surface area (Å²) in [6, 6.07) is 2.93. The summed E-state index contributed by atoms with van der Waals surface area (Å²) in [5.74, 6) is -1.59. The minimum absolute atomic E-state index is 0.00559. The Bertz CT molecular complexity index is 436. The molecule has 0 unspecified atom stereocenters. The van der Waals surface area contributed by atoms with Gasteiger partial charge in [-0.05, 0) is 18.6 Å². The molecule has 92 valence electrons. The van der Waals surface area contributed by atoms with Gasteiger partial charge in [0.05, 0.1) is 4.92 Å². The first-order valence-electron chi connectivity index (χ1n) is 4.89. The van der Waals surface area contributed by atoms with Crippen LogP contribution in [0.1, 0.15) is 16.8 Å². The van der Waals surface area contributed by atoms with Gasteiger partial charge in [0, 0.05) is 24.8 Å². The van der Waals surface area contributed by atoms with Gasteiger partial charge in [0.15, 0.2) is 0 Å². The zero-order chi connectivity index (χ0) is 12.8. The molecule has 0 fully saturated rings. The number of carbonyl (C=O) groups is 1. The lowest BCUT2D eigenvalue weighted by Crippen LogP contribution is -2.25. The van der Waals surface area contributed by atoms with Crippen LogP contribution in [0.5, 0.6) is 0 Å². The second kappa shape index (κ2) is 5.90. The molecule has 0 heterocycles. The van der Waals surface area contributed by atoms with Crippen LogP contribution in [0, 0.1) is 15.9 Å². The summed E-state index contributed by atoms with van der Waals surface area (Å²) in [5, 5.41) is 21.3. The molecule has 0 aliphatic rings. The summed E-state index contributed by atoms with van der Waals surface area (Å²) in [6.07, 6.45) is 0.390. The Morgan fingerprint density at radius 1 is 1.53 bits per heavy atom. The van der Waals surface area contributed by atoms with E-state index in [2.05, 4.69) is 5.32 Å². The maximum absolute atomic E-state index is 13.2. The van der Waals surface area contributed by atoms with Crippen LogP contribution in [0.2, 0.25) is 0 Å². The zero-order valence-corrected chi connectivity index (χ0v) is 8.85. The molecular weight excluding hydrogens is 231 g/mol. The van der Waals surface area contributed by atoms with E-state index < -0.39 is 22.3 Å². The topological polar surface area (TPSA) is 92.5 Å². The molecule has 0 bridgehead atoms. The van der Waals surface area contributed by atoms with E-state index in [-0.39, 0.29) is 18.7 Å². The second-order valence-corrected chi connectivity index (χ2v) is 3.26. The summed E-state index contributed by atoms with van der Waals surface area (Å²) in [7, 11) is 0. The number of amides is 1. The van der Waals surface area contributed by atoms with Crippen LogP contribution in [0.3, 0.4) is 0 Å². The van der Waals surface area contributed by atoms with Gasteiger partial charge in [0.25, 0.3) is 5.91 Å². The van der Waals surface area contributed by atoms with Gasteiger partial charge in [0.2, 0.25) is 5.82 Å². The summed E-state index contributed by atoms with van der Waals surface area (Å²) >= 11 is 0. The van der Waals surface area contributed by atoms with Crippen LogP contribution >= 0.6 is 0 Å². The number of hydrogen-bond donors (Lipinski definition) is 2. The van der Waals surface area contributed by atoms with Crippen LogP contribution in [-0.2, 0) is 0 Å². The van der Waals surface area contributed by atoms with Crippen molar-refractivity contribution >= 4 is 11.6 Å². The zero-order valence-electron chi connectivity index (χ0n) is 8.85. The maximum atomic E-state index is 13.2. The van der Waals surface area contributed by atoms with Gasteiger partial charge >= 0.3 is 5.69 Å². The third kappa shape index (κ3) is 3.49. The van der Waals surface area contributed by atoms with Crippen LogP contribution in [0.15, 0.2) is 18.2 Å². The van der Waals surface area contributed by atoms with Gasteiger partial charge in [-0.25, -0.2) is 0 Å². The van der Waals surface area contributed by atoms with Crippen molar-refractivity contribution in [2.75, 3.05) is 13.2 Å². The molecular formula is C10H11FN2O4. The highest BCUT2D eigenvalue weighted by Crippen LogP contribution is 2.17. The summed E-state index contributed by atoms with van der Waals surface area (Å²) in [4.78, 5) is 20.9. The van der Waals surface area contributed by atoms with Crippen LogP contribution in [0.4, 0.5) is 10.1 Å². The van der Waals surface area contributed by atoms with Gasteiger partial charge in [-0.2, -0.15) is 4.39 Å². The second-order valence-electron chi connectivity index (χ2n) is 3.26. The molecule has 0 saturated heterocycles. The van der Waals surface area contributed by atoms with E-state index in [1.54, 1.807) is 0 Å². The Morgan fingerprint density at radius 2 is 2.24 bits per heavy atom. The number of halogens is 1. The number of rotatable bonds is 5. The van der Waals surface area contributed by atoms with E-state index in [1.165, 1.54) is 6.07 Å². The third-order valence-corrected chi connectivity index (χ3v) is 2.03. The molecule has 0 aliphatic carbocycles. The van der Waals surface area contributed by atoms with Gasteiger partial charge in [-0.15, -0.1) is 0 Å². The Labute approximate surface area is 96.2 Å². The van der Waals surface area contributed by atoms with Crippen molar-refractivity contribution in [3.8, 4) is 0 Å². The van der Waals surface area contributed by atoms with Gasteiger partial charge in [-0.1, -0.05) is 0 Å². The van der Waals surface area contributed by atoms with Crippen LogP contribution in [0.25, 0.3) is 0 Å². The smallest absolute Gasteiger partial charge is 0.304 e. The molecule has 17 heavy (non-hydrogen) atoms. The molecule has 0 aromatic heterocycles. The Hall–Kier alpha value is -2.02. The molecule has 0 spiro atoms. The van der Waals surface area contributed by atoms with Crippen molar-refractivity contribution in [1.82, 2.24) is 5.32 Å². The summed E-state index contributed by atoms with van der Waals surface area (Å²) < 4.78 is 13.2. The standard InChI is InChI=1S/C10H11FN2O4/c11-8-6-7(2-3-9(8)13(16)17)10(15)12-4-1-5-14/h2-3,6,14H,1,4-5H2,(H,12,15). The minimum Gasteiger partial charge on any atom is -0.396 e. The quantitative estimate of drug-likeness (QED) is 0.454. The molecule has 0 radical (unpaired) electrons. The molecule has 1 aromatic rings. The number of aliphatic hydroxyl groups excluding tert-OH is 1. The Morgan fingerprint density at radius 3 is 2.76 bits per heavy atom. The molecule has 1 rings (SSSR count). The molecule has 0 aliphatic heterocycles. The first-order chi connectivity index (χ1) is 8.06. The lowest BCUT2D eigenvalue weighted by atomic mass is 10.2. The van der Waals surface area contributed by atoms with Crippen molar-refractivity contribution in [3.63, 3.8) is 0 Å². The average Bonchev–Trinajstić information content (AvgIpc) is 2.28. The molecule has 7 heteroatoms. The number of nitro groups is 1. The first-order valence-corrected chi connectivity index (χ1v) is 4.89. The van der Waals surface area contributed by atoms with Crippen LogP contribution < -0.4 is 5.32 Å². The van der Waals surface area contributed by atoms with E-state index in [4.69, 9.17) is 5.11 Å². The number of carbonyl (C=O) groups excluding carboxylic acids is 1. The lowest BCUT2D eigenvalue weighted by molar-refractivity contribution is -0.387. The van der Waals surface area contributed by atoms with Gasteiger partial charge in [-0.3, -0.25) is 14.9 Å². The van der Waals surface area contributed by atoms with Gasteiger partial charge in [0.1, 0.15) is 0 Å². The fraction of sp³-hybridized carbons (Fsp3) is 0.300. The monoisotopic (exact) mass is 242 g/mol. The molecule has 2 N–H and O–H groups in total. The number of nitrogens with one attached hydrogen (secondary N) is 1. The van der Waals surface area contributed by atoms with Gasteiger partial charge < -0.3 is 10.4 Å². The highest BCUT2D eigenvalue weighted by molar-refractivity contribution is 5.94. The van der Waals surface area contributed by atoms with Crippen molar-refractivity contribution in [2.24, 2.45) is 0 Å². The van der Waals surface area contributed by atoms with E-state index in [0.29, 0.717) is 6.42 Å². The summed E-state index contributed by atoms with van der Waals surface area (Å²) in [5.41, 5.74) is -0.664. The number of nitrogens with zero attached hydrogens (tertiary/aromatic N) is 1. The highest BCUT2D eigenvalue weighted by atomic mass is 19.1. The normalized spacial score (nSPS) is 10.0. The highest BCUT2D eigenvalue weighted by Gasteiger charge is 2.16. The number of aliphatic hydroxyl groups is 1. The Balaban J connectivity index is 2.76. The molecule has 6 nitrogen and oxygen atoms in total. The van der Waals surface area contributed by atoms with E-state index in [0.717, 1.165) is 12.1 Å². The van der Waals surface area contributed by atoms with E-state index >= 15 is 0 Å². The minimum atomic E-state index is -1.05. The largest absolute Gasteiger partial charge is 0.396 e.